The summed E-state index contributed by atoms with van der Waals surface area (Å²) in [7, 11) is -3.75. The second kappa shape index (κ2) is 5.15. The van der Waals surface area contributed by atoms with Crippen LogP contribution in [-0.2, 0) is 10.0 Å². The topological polar surface area (TPSA) is 98.2 Å². The monoisotopic (exact) mass is 291 g/mol. The van der Waals surface area contributed by atoms with E-state index < -0.39 is 10.0 Å². The number of hydrogen-bond acceptors (Lipinski definition) is 4. The maximum atomic E-state index is 11.4. The molecule has 0 unspecified atom stereocenters. The summed E-state index contributed by atoms with van der Waals surface area (Å²) in [6, 6.07) is 10.3. The van der Waals surface area contributed by atoms with E-state index in [9.17, 15) is 8.42 Å². The molecule has 20 heavy (non-hydrogen) atoms. The summed E-state index contributed by atoms with van der Waals surface area (Å²) in [5, 5.41) is 8.28. The third kappa shape index (κ3) is 3.09. The van der Waals surface area contributed by atoms with E-state index >= 15 is 0 Å². The van der Waals surface area contributed by atoms with Gasteiger partial charge in [0.2, 0.25) is 10.0 Å². The molecule has 0 atom stereocenters. The molecular weight excluding hydrogens is 274 g/mol. The second-order valence-corrected chi connectivity index (χ2v) is 6.30. The zero-order valence-corrected chi connectivity index (χ0v) is 12.2. The van der Waals surface area contributed by atoms with Crippen molar-refractivity contribution >= 4 is 27.1 Å². The van der Waals surface area contributed by atoms with Gasteiger partial charge >= 0.3 is 0 Å². The van der Waals surface area contributed by atoms with Crippen LogP contribution in [-0.4, -0.2) is 8.42 Å². The zero-order valence-electron chi connectivity index (χ0n) is 11.3. The molecule has 0 radical (unpaired) electrons. The van der Waals surface area contributed by atoms with E-state index in [2.05, 4.69) is 5.32 Å². The van der Waals surface area contributed by atoms with Gasteiger partial charge in [0, 0.05) is 5.69 Å². The van der Waals surface area contributed by atoms with Crippen LogP contribution < -0.4 is 16.2 Å². The number of hydrogen-bond donors (Lipinski definition) is 3. The minimum absolute atomic E-state index is 0.0273. The number of rotatable bonds is 3. The fourth-order valence-corrected chi connectivity index (χ4v) is 2.38. The van der Waals surface area contributed by atoms with Gasteiger partial charge in [-0.15, -0.1) is 0 Å². The van der Waals surface area contributed by atoms with Crippen molar-refractivity contribution in [1.29, 1.82) is 0 Å². The van der Waals surface area contributed by atoms with Crippen molar-refractivity contribution in [2.45, 2.75) is 18.7 Å². The average Bonchev–Trinajstić information content (AvgIpc) is 2.35. The van der Waals surface area contributed by atoms with Crippen LogP contribution in [0.5, 0.6) is 0 Å². The van der Waals surface area contributed by atoms with E-state index in [4.69, 9.17) is 10.9 Å². The molecule has 0 aromatic heterocycles. The highest BCUT2D eigenvalue weighted by Crippen LogP contribution is 2.28. The molecule has 0 aliphatic heterocycles. The molecule has 0 bridgehead atoms. The Morgan fingerprint density at radius 3 is 2.35 bits per heavy atom. The SMILES string of the molecule is Cc1ccc(C)c(Nc2cc(S(N)(=O)=O)ccc2N)c1. The highest BCUT2D eigenvalue weighted by molar-refractivity contribution is 7.89. The molecule has 0 saturated carbocycles. The summed E-state index contributed by atoms with van der Waals surface area (Å²) in [6.45, 7) is 3.94. The van der Waals surface area contributed by atoms with Gasteiger partial charge in [-0.2, -0.15) is 0 Å². The molecule has 0 amide bonds. The summed E-state index contributed by atoms with van der Waals surface area (Å²) in [5.41, 5.74) is 9.86. The summed E-state index contributed by atoms with van der Waals surface area (Å²) in [6.07, 6.45) is 0. The molecular formula is C14H17N3O2S. The number of nitrogens with two attached hydrogens (primary N) is 2. The summed E-state index contributed by atoms with van der Waals surface area (Å²) < 4.78 is 22.8. The average molecular weight is 291 g/mol. The van der Waals surface area contributed by atoms with E-state index in [1.165, 1.54) is 18.2 Å². The molecule has 0 spiro atoms. The minimum atomic E-state index is -3.75. The lowest BCUT2D eigenvalue weighted by Crippen LogP contribution is -2.12. The Morgan fingerprint density at radius 1 is 1.00 bits per heavy atom. The van der Waals surface area contributed by atoms with Crippen LogP contribution in [0.2, 0.25) is 0 Å². The van der Waals surface area contributed by atoms with Crippen molar-refractivity contribution in [2.75, 3.05) is 11.1 Å². The second-order valence-electron chi connectivity index (χ2n) is 4.74. The minimum Gasteiger partial charge on any atom is -0.397 e. The number of nitrogens with one attached hydrogen (secondary N) is 1. The first-order valence-corrected chi connectivity index (χ1v) is 7.58. The molecule has 2 aromatic carbocycles. The van der Waals surface area contributed by atoms with E-state index in [1.54, 1.807) is 0 Å². The molecule has 5 N–H and O–H groups in total. The van der Waals surface area contributed by atoms with E-state index in [1.807, 2.05) is 32.0 Å². The number of anilines is 3. The Labute approximate surface area is 118 Å². The van der Waals surface area contributed by atoms with Crippen LogP contribution in [0.25, 0.3) is 0 Å². The molecule has 0 aliphatic carbocycles. The molecule has 6 heteroatoms. The van der Waals surface area contributed by atoms with E-state index in [0.29, 0.717) is 11.4 Å². The van der Waals surface area contributed by atoms with Crippen LogP contribution in [0.1, 0.15) is 11.1 Å². The number of benzene rings is 2. The van der Waals surface area contributed by atoms with Crippen molar-refractivity contribution in [3.05, 3.63) is 47.5 Å². The van der Waals surface area contributed by atoms with Crippen molar-refractivity contribution in [3.63, 3.8) is 0 Å². The molecule has 0 aliphatic rings. The highest BCUT2D eigenvalue weighted by atomic mass is 32.2. The first kappa shape index (κ1) is 14.4. The Kier molecular flexibility index (Phi) is 3.69. The first-order chi connectivity index (χ1) is 9.27. The predicted octanol–water partition coefficient (Wildman–Crippen LogP) is 2.28. The van der Waals surface area contributed by atoms with Crippen LogP contribution in [0.4, 0.5) is 17.1 Å². The normalized spacial score (nSPS) is 11.3. The third-order valence-corrected chi connectivity index (χ3v) is 3.93. The molecule has 0 saturated heterocycles. The fourth-order valence-electron chi connectivity index (χ4n) is 1.84. The van der Waals surface area contributed by atoms with Crippen LogP contribution >= 0.6 is 0 Å². The lowest BCUT2D eigenvalue weighted by molar-refractivity contribution is 0.598. The van der Waals surface area contributed by atoms with Gasteiger partial charge in [-0.1, -0.05) is 12.1 Å². The number of primary sulfonamides is 1. The number of aryl methyl sites for hydroxylation is 2. The molecule has 2 aromatic rings. The van der Waals surface area contributed by atoms with Crippen LogP contribution in [0, 0.1) is 13.8 Å². The molecule has 2 rings (SSSR count). The highest BCUT2D eigenvalue weighted by Gasteiger charge is 2.11. The van der Waals surface area contributed by atoms with Gasteiger partial charge in [-0.25, -0.2) is 13.6 Å². The largest absolute Gasteiger partial charge is 0.397 e. The Hall–Kier alpha value is -2.05. The molecule has 0 heterocycles. The summed E-state index contributed by atoms with van der Waals surface area (Å²) in [5.74, 6) is 0. The van der Waals surface area contributed by atoms with Crippen molar-refractivity contribution in [1.82, 2.24) is 0 Å². The maximum absolute atomic E-state index is 11.4. The van der Waals surface area contributed by atoms with E-state index in [0.717, 1.165) is 16.8 Å². The van der Waals surface area contributed by atoms with Gasteiger partial charge < -0.3 is 11.1 Å². The lowest BCUT2D eigenvalue weighted by Gasteiger charge is -2.13. The van der Waals surface area contributed by atoms with Gasteiger partial charge in [0.1, 0.15) is 0 Å². The third-order valence-electron chi connectivity index (χ3n) is 3.02. The zero-order chi connectivity index (χ0) is 14.9. The van der Waals surface area contributed by atoms with Gasteiger partial charge in [-0.05, 0) is 49.2 Å². The Bertz CT molecular complexity index is 755. The number of sulfonamides is 1. The summed E-state index contributed by atoms with van der Waals surface area (Å²) in [4.78, 5) is 0.0273. The smallest absolute Gasteiger partial charge is 0.238 e. The molecule has 5 nitrogen and oxygen atoms in total. The van der Waals surface area contributed by atoms with Gasteiger partial charge in [0.25, 0.3) is 0 Å². The molecule has 106 valence electrons. The van der Waals surface area contributed by atoms with Gasteiger partial charge in [0.05, 0.1) is 16.3 Å². The molecule has 0 fully saturated rings. The Balaban J connectivity index is 2.45. The van der Waals surface area contributed by atoms with Crippen molar-refractivity contribution < 1.29 is 8.42 Å². The lowest BCUT2D eigenvalue weighted by atomic mass is 10.1. The standard InChI is InChI=1S/C14H17N3O2S/c1-9-3-4-10(2)13(7-9)17-14-8-11(20(16,18)19)5-6-12(14)15/h3-8,17H,15H2,1-2H3,(H2,16,18,19). The quantitative estimate of drug-likeness (QED) is 0.755. The summed E-state index contributed by atoms with van der Waals surface area (Å²) >= 11 is 0. The number of nitrogen functional groups attached to an aromatic ring is 1. The van der Waals surface area contributed by atoms with Crippen molar-refractivity contribution in [3.8, 4) is 0 Å². The van der Waals surface area contributed by atoms with Crippen LogP contribution in [0.15, 0.2) is 41.3 Å². The first-order valence-electron chi connectivity index (χ1n) is 6.04. The van der Waals surface area contributed by atoms with Crippen LogP contribution in [0.3, 0.4) is 0 Å². The predicted molar refractivity (Wildman–Crippen MR) is 81.4 cm³/mol. The Morgan fingerprint density at radius 2 is 1.70 bits per heavy atom. The van der Waals surface area contributed by atoms with Gasteiger partial charge in [-0.3, -0.25) is 0 Å². The van der Waals surface area contributed by atoms with Gasteiger partial charge in [0.15, 0.2) is 0 Å². The fraction of sp³-hybridized carbons (Fsp3) is 0.143. The van der Waals surface area contributed by atoms with E-state index in [-0.39, 0.29) is 4.90 Å². The van der Waals surface area contributed by atoms with Crippen molar-refractivity contribution in [2.24, 2.45) is 5.14 Å². The maximum Gasteiger partial charge on any atom is 0.238 e.